The molecule has 0 amide bonds. The number of hydrogen-bond acceptors (Lipinski definition) is 1. The maximum atomic E-state index is 6.04. The predicted molar refractivity (Wildman–Crippen MR) is 102 cm³/mol. The van der Waals surface area contributed by atoms with Crippen molar-refractivity contribution in [3.63, 3.8) is 0 Å². The molecule has 0 unspecified atom stereocenters. The van der Waals surface area contributed by atoms with E-state index in [1.54, 1.807) is 0 Å². The molecule has 0 saturated carbocycles. The highest BCUT2D eigenvalue weighted by atomic mass is 16.5. The molecule has 0 heterocycles. The molecule has 1 heteroatoms. The molecule has 0 aliphatic heterocycles. The Bertz CT molecular complexity index is 492. The number of hydrogen-bond donors (Lipinski definition) is 0. The third-order valence-corrected chi connectivity index (χ3v) is 4.33. The van der Waals surface area contributed by atoms with Gasteiger partial charge in [0.2, 0.25) is 0 Å². The maximum absolute atomic E-state index is 6.04. The summed E-state index contributed by atoms with van der Waals surface area (Å²) in [5.74, 6) is 2.07. The highest BCUT2D eigenvalue weighted by Gasteiger charge is 2.21. The lowest BCUT2D eigenvalue weighted by atomic mass is 9.82. The average Bonchev–Trinajstić information content (AvgIpc) is 2.44. The Kier molecular flexibility index (Phi) is 7.38. The number of allylic oxidation sites excluding steroid dienone is 1. The van der Waals surface area contributed by atoms with Crippen LogP contribution in [0.2, 0.25) is 0 Å². The summed E-state index contributed by atoms with van der Waals surface area (Å²) >= 11 is 0. The molecule has 0 bridgehead atoms. The largest absolute Gasteiger partial charge is 0.494 e. The lowest BCUT2D eigenvalue weighted by Crippen LogP contribution is -2.10. The van der Waals surface area contributed by atoms with Crippen molar-refractivity contribution in [1.29, 1.82) is 0 Å². The summed E-state index contributed by atoms with van der Waals surface area (Å²) in [7, 11) is 0. The summed E-state index contributed by atoms with van der Waals surface area (Å²) in [5.41, 5.74) is 5.69. The smallest absolute Gasteiger partial charge is 0.121 e. The van der Waals surface area contributed by atoms with E-state index in [0.29, 0.717) is 23.7 Å². The van der Waals surface area contributed by atoms with Crippen LogP contribution < -0.4 is 0 Å². The normalized spacial score (nSPS) is 13.8. The first kappa shape index (κ1) is 19.8. The monoisotopic (exact) mass is 316 g/mol. The lowest BCUT2D eigenvalue weighted by molar-refractivity contribution is 0.160. The van der Waals surface area contributed by atoms with Gasteiger partial charge in [0, 0.05) is 0 Å². The van der Waals surface area contributed by atoms with E-state index in [1.165, 1.54) is 22.3 Å². The lowest BCUT2D eigenvalue weighted by Gasteiger charge is -2.26. The summed E-state index contributed by atoms with van der Waals surface area (Å²) in [6.07, 6.45) is 4.07. The van der Waals surface area contributed by atoms with Gasteiger partial charge in [-0.15, -0.1) is 0 Å². The van der Waals surface area contributed by atoms with Crippen molar-refractivity contribution in [1.82, 2.24) is 0 Å². The van der Waals surface area contributed by atoms with Gasteiger partial charge in [-0.05, 0) is 58.9 Å². The second-order valence-corrected chi connectivity index (χ2v) is 7.93. The summed E-state index contributed by atoms with van der Waals surface area (Å²) in [6, 6.07) is 4.78. The van der Waals surface area contributed by atoms with E-state index < -0.39 is 0 Å². The van der Waals surface area contributed by atoms with E-state index in [4.69, 9.17) is 4.74 Å². The van der Waals surface area contributed by atoms with Gasteiger partial charge >= 0.3 is 0 Å². The zero-order valence-electron chi connectivity index (χ0n) is 16.6. The Hall–Kier alpha value is -1.24. The first-order valence-corrected chi connectivity index (χ1v) is 9.14. The number of ether oxygens (including phenoxy) is 1. The summed E-state index contributed by atoms with van der Waals surface area (Å²) in [6.45, 7) is 20.2. The summed E-state index contributed by atoms with van der Waals surface area (Å²) in [5, 5.41) is 0. The van der Waals surface area contributed by atoms with Crippen LogP contribution in [-0.2, 0) is 4.74 Å². The van der Waals surface area contributed by atoms with Gasteiger partial charge in [0.1, 0.15) is 6.10 Å². The molecule has 1 aromatic rings. The first-order valence-electron chi connectivity index (χ1n) is 9.14. The third-order valence-electron chi connectivity index (χ3n) is 4.33. The van der Waals surface area contributed by atoms with E-state index in [0.717, 1.165) is 0 Å². The van der Waals surface area contributed by atoms with E-state index in [2.05, 4.69) is 80.5 Å². The fourth-order valence-corrected chi connectivity index (χ4v) is 2.87. The van der Waals surface area contributed by atoms with E-state index in [1.807, 2.05) is 6.26 Å². The molecule has 1 aromatic carbocycles. The molecule has 0 N–H and O–H groups in total. The fourth-order valence-electron chi connectivity index (χ4n) is 2.87. The topological polar surface area (TPSA) is 9.23 Å². The number of benzene rings is 1. The van der Waals surface area contributed by atoms with Crippen LogP contribution in [0.1, 0.15) is 108 Å². The molecule has 1 rings (SSSR count). The van der Waals surface area contributed by atoms with E-state index in [9.17, 15) is 0 Å². The molecule has 0 aliphatic rings. The van der Waals surface area contributed by atoms with Gasteiger partial charge in [0.05, 0.1) is 6.26 Å². The van der Waals surface area contributed by atoms with Crippen LogP contribution in [0.5, 0.6) is 0 Å². The van der Waals surface area contributed by atoms with E-state index >= 15 is 0 Å². The highest BCUT2D eigenvalue weighted by Crippen LogP contribution is 2.36. The van der Waals surface area contributed by atoms with Crippen LogP contribution in [0.25, 0.3) is 0 Å². The fraction of sp³-hybridized carbons (Fsp3) is 0.636. The molecule has 0 saturated heterocycles. The van der Waals surface area contributed by atoms with Crippen LogP contribution in [0, 0.1) is 5.92 Å². The molecule has 23 heavy (non-hydrogen) atoms. The van der Waals surface area contributed by atoms with Gasteiger partial charge in [-0.1, -0.05) is 67.5 Å². The van der Waals surface area contributed by atoms with Crippen LogP contribution in [-0.4, -0.2) is 0 Å². The molecule has 130 valence electrons. The van der Waals surface area contributed by atoms with Crippen molar-refractivity contribution in [2.45, 2.75) is 86.2 Å². The van der Waals surface area contributed by atoms with Gasteiger partial charge in [0.15, 0.2) is 0 Å². The molecule has 0 radical (unpaired) electrons. The van der Waals surface area contributed by atoms with Crippen molar-refractivity contribution in [2.24, 2.45) is 5.92 Å². The minimum Gasteiger partial charge on any atom is -0.494 e. The predicted octanol–water partition coefficient (Wildman–Crippen LogP) is 7.30. The first-order chi connectivity index (χ1) is 10.6. The zero-order valence-corrected chi connectivity index (χ0v) is 16.6. The Labute approximate surface area is 144 Å². The molecule has 0 spiro atoms. The maximum Gasteiger partial charge on any atom is 0.121 e. The SMILES string of the molecule is CC(C)/C=C\O[C@@H](C)c1c(C(C)C)cc(C(C)C)cc1C(C)C. The van der Waals surface area contributed by atoms with Gasteiger partial charge in [-0.25, -0.2) is 0 Å². The van der Waals surface area contributed by atoms with Crippen LogP contribution >= 0.6 is 0 Å². The Morgan fingerprint density at radius 1 is 0.739 bits per heavy atom. The van der Waals surface area contributed by atoms with Crippen LogP contribution in [0.3, 0.4) is 0 Å². The molecule has 1 nitrogen and oxygen atoms in total. The molecular formula is C22H36O. The second kappa shape index (κ2) is 8.57. The Balaban J connectivity index is 3.36. The molecule has 0 fully saturated rings. The minimum absolute atomic E-state index is 0.0843. The molecule has 0 aliphatic carbocycles. The summed E-state index contributed by atoms with van der Waals surface area (Å²) < 4.78 is 6.04. The zero-order chi connectivity index (χ0) is 17.7. The molecular weight excluding hydrogens is 280 g/mol. The van der Waals surface area contributed by atoms with Crippen molar-refractivity contribution < 1.29 is 4.74 Å². The van der Waals surface area contributed by atoms with E-state index in [-0.39, 0.29) is 6.10 Å². The van der Waals surface area contributed by atoms with Crippen molar-refractivity contribution >= 4 is 0 Å². The number of rotatable bonds is 7. The quantitative estimate of drug-likeness (QED) is 0.479. The highest BCUT2D eigenvalue weighted by molar-refractivity contribution is 5.44. The van der Waals surface area contributed by atoms with Crippen molar-refractivity contribution in [3.8, 4) is 0 Å². The van der Waals surface area contributed by atoms with Gasteiger partial charge in [0.25, 0.3) is 0 Å². The minimum atomic E-state index is 0.0843. The molecule has 1 atom stereocenters. The van der Waals surface area contributed by atoms with Gasteiger partial charge in [-0.2, -0.15) is 0 Å². The third kappa shape index (κ3) is 5.41. The second-order valence-electron chi connectivity index (χ2n) is 7.93. The Morgan fingerprint density at radius 2 is 1.22 bits per heavy atom. The molecule has 0 aromatic heterocycles. The van der Waals surface area contributed by atoms with Crippen LogP contribution in [0.15, 0.2) is 24.5 Å². The Morgan fingerprint density at radius 3 is 1.57 bits per heavy atom. The standard InChI is InChI=1S/C22H36O/c1-14(2)10-11-23-18(9)22-20(16(5)6)12-19(15(3)4)13-21(22)17(7)8/h10-18H,1-9H3/b11-10-/t18-/m0/s1. The van der Waals surface area contributed by atoms with Gasteiger partial charge in [-0.3, -0.25) is 0 Å². The van der Waals surface area contributed by atoms with Crippen LogP contribution in [0.4, 0.5) is 0 Å². The summed E-state index contributed by atoms with van der Waals surface area (Å²) in [4.78, 5) is 0. The average molecular weight is 317 g/mol. The van der Waals surface area contributed by atoms with Gasteiger partial charge < -0.3 is 4.74 Å². The van der Waals surface area contributed by atoms with Crippen molar-refractivity contribution in [2.75, 3.05) is 0 Å². The van der Waals surface area contributed by atoms with Crippen molar-refractivity contribution in [3.05, 3.63) is 46.7 Å².